The Morgan fingerprint density at radius 1 is 1.64 bits per heavy atom. The molecule has 0 heterocycles. The Kier molecular flexibility index (Phi) is 2.53. The minimum atomic E-state index is -0.654. The van der Waals surface area contributed by atoms with Crippen molar-refractivity contribution in [2.24, 2.45) is 0 Å². The van der Waals surface area contributed by atoms with Gasteiger partial charge in [-0.2, -0.15) is 5.26 Å². The van der Waals surface area contributed by atoms with Crippen LogP contribution in [0.2, 0.25) is 0 Å². The van der Waals surface area contributed by atoms with Gasteiger partial charge < -0.3 is 10.5 Å². The zero-order chi connectivity index (χ0) is 10.7. The van der Waals surface area contributed by atoms with Crippen LogP contribution in [0.5, 0.6) is 5.75 Å². The number of anilines is 1. The van der Waals surface area contributed by atoms with Gasteiger partial charge in [0.2, 0.25) is 0 Å². The number of ether oxygens (including phenoxy) is 1. The molecule has 1 rings (SSSR count). The maximum absolute atomic E-state index is 10.5. The summed E-state index contributed by atoms with van der Waals surface area (Å²) >= 11 is 0. The van der Waals surface area contributed by atoms with E-state index in [1.807, 2.05) is 0 Å². The standard InChI is InChI=1S/C8H7N3O3/c1-14-7-3-5(4-9)2-6(8(7)10)11(12)13/h2-3H,10H2,1H3. The van der Waals surface area contributed by atoms with Crippen molar-refractivity contribution in [3.8, 4) is 11.8 Å². The number of nitrogens with zero attached hydrogens (tertiary/aromatic N) is 2. The number of hydrogen-bond donors (Lipinski definition) is 1. The highest BCUT2D eigenvalue weighted by atomic mass is 16.6. The molecule has 72 valence electrons. The number of hydrogen-bond acceptors (Lipinski definition) is 5. The van der Waals surface area contributed by atoms with Gasteiger partial charge in [0.25, 0.3) is 5.69 Å². The summed E-state index contributed by atoms with van der Waals surface area (Å²) in [6.07, 6.45) is 0. The molecule has 0 radical (unpaired) electrons. The van der Waals surface area contributed by atoms with Gasteiger partial charge in [-0.3, -0.25) is 10.1 Å². The van der Waals surface area contributed by atoms with Crippen LogP contribution in [0.3, 0.4) is 0 Å². The molecule has 0 aliphatic carbocycles. The highest BCUT2D eigenvalue weighted by molar-refractivity contribution is 5.69. The van der Waals surface area contributed by atoms with Crippen LogP contribution >= 0.6 is 0 Å². The van der Waals surface area contributed by atoms with Crippen molar-refractivity contribution in [2.75, 3.05) is 12.8 Å². The lowest BCUT2D eigenvalue weighted by Crippen LogP contribution is -1.99. The first-order valence-electron chi connectivity index (χ1n) is 3.62. The number of benzene rings is 1. The molecule has 0 aromatic heterocycles. The summed E-state index contributed by atoms with van der Waals surface area (Å²) in [4.78, 5) is 9.86. The number of nitrogens with two attached hydrogens (primary N) is 1. The van der Waals surface area contributed by atoms with Crippen molar-refractivity contribution < 1.29 is 9.66 Å². The summed E-state index contributed by atoms with van der Waals surface area (Å²) in [5, 5.41) is 19.1. The van der Waals surface area contributed by atoms with Crippen LogP contribution in [0, 0.1) is 21.4 Å². The summed E-state index contributed by atoms with van der Waals surface area (Å²) in [5.41, 5.74) is 5.19. The van der Waals surface area contributed by atoms with Crippen molar-refractivity contribution in [1.29, 1.82) is 5.26 Å². The van der Waals surface area contributed by atoms with Gasteiger partial charge in [-0.25, -0.2) is 0 Å². The van der Waals surface area contributed by atoms with Crippen LogP contribution in [0.1, 0.15) is 5.56 Å². The highest BCUT2D eigenvalue weighted by Gasteiger charge is 2.17. The molecule has 0 atom stereocenters. The van der Waals surface area contributed by atoms with Gasteiger partial charge in [0.05, 0.1) is 23.7 Å². The Hall–Kier alpha value is -2.29. The Balaban J connectivity index is 3.44. The van der Waals surface area contributed by atoms with Crippen LogP contribution in [-0.4, -0.2) is 12.0 Å². The van der Waals surface area contributed by atoms with E-state index in [2.05, 4.69) is 0 Å². The van der Waals surface area contributed by atoms with Gasteiger partial charge in [-0.05, 0) is 0 Å². The fraction of sp³-hybridized carbons (Fsp3) is 0.125. The highest BCUT2D eigenvalue weighted by Crippen LogP contribution is 2.32. The number of nitriles is 1. The minimum Gasteiger partial charge on any atom is -0.494 e. The smallest absolute Gasteiger partial charge is 0.297 e. The molecule has 14 heavy (non-hydrogen) atoms. The second-order valence-electron chi connectivity index (χ2n) is 2.48. The minimum absolute atomic E-state index is 0.0727. The van der Waals surface area contributed by atoms with E-state index in [-0.39, 0.29) is 22.7 Å². The first-order chi connectivity index (χ1) is 6.60. The monoisotopic (exact) mass is 193 g/mol. The van der Waals surface area contributed by atoms with Crippen molar-refractivity contribution in [2.45, 2.75) is 0 Å². The molecule has 0 aliphatic heterocycles. The second-order valence-corrected chi connectivity index (χ2v) is 2.48. The maximum Gasteiger partial charge on any atom is 0.297 e. The first kappa shape index (κ1) is 9.80. The molecular formula is C8H7N3O3. The van der Waals surface area contributed by atoms with Crippen molar-refractivity contribution in [3.63, 3.8) is 0 Å². The SMILES string of the molecule is COc1cc(C#N)cc([N+](=O)[O-])c1N. The number of nitro benzene ring substituents is 1. The van der Waals surface area contributed by atoms with Crippen molar-refractivity contribution in [3.05, 3.63) is 27.8 Å². The summed E-state index contributed by atoms with van der Waals surface area (Å²) in [6.45, 7) is 0. The summed E-state index contributed by atoms with van der Waals surface area (Å²) < 4.78 is 4.80. The fourth-order valence-corrected chi connectivity index (χ4v) is 0.996. The predicted octanol–water partition coefficient (Wildman–Crippen LogP) is 1.06. The van der Waals surface area contributed by atoms with Crippen LogP contribution in [0.15, 0.2) is 12.1 Å². The van der Waals surface area contributed by atoms with Crippen LogP contribution in [0.4, 0.5) is 11.4 Å². The van der Waals surface area contributed by atoms with E-state index in [0.29, 0.717) is 0 Å². The fourth-order valence-electron chi connectivity index (χ4n) is 0.996. The van der Waals surface area contributed by atoms with Crippen molar-refractivity contribution >= 4 is 11.4 Å². The van der Waals surface area contributed by atoms with E-state index in [9.17, 15) is 10.1 Å². The van der Waals surface area contributed by atoms with E-state index in [1.165, 1.54) is 13.2 Å². The summed E-state index contributed by atoms with van der Waals surface area (Å²) in [5.74, 6) is 0.135. The number of methoxy groups -OCH3 is 1. The normalized spacial score (nSPS) is 9.14. The molecule has 0 bridgehead atoms. The molecule has 0 saturated carbocycles. The van der Waals surface area contributed by atoms with E-state index in [1.54, 1.807) is 6.07 Å². The third kappa shape index (κ3) is 1.56. The zero-order valence-electron chi connectivity index (χ0n) is 7.35. The Morgan fingerprint density at radius 3 is 2.71 bits per heavy atom. The van der Waals surface area contributed by atoms with E-state index < -0.39 is 4.92 Å². The number of nitrogen functional groups attached to an aromatic ring is 1. The van der Waals surface area contributed by atoms with E-state index in [4.69, 9.17) is 15.7 Å². The molecule has 1 aromatic carbocycles. The first-order valence-corrected chi connectivity index (χ1v) is 3.62. The van der Waals surface area contributed by atoms with Crippen LogP contribution in [0.25, 0.3) is 0 Å². The zero-order valence-corrected chi connectivity index (χ0v) is 7.35. The van der Waals surface area contributed by atoms with Gasteiger partial charge in [-0.1, -0.05) is 0 Å². The summed E-state index contributed by atoms with van der Waals surface area (Å²) in [6, 6.07) is 4.24. The molecule has 0 saturated heterocycles. The molecule has 0 aliphatic rings. The molecule has 0 fully saturated rings. The second kappa shape index (κ2) is 3.62. The molecular weight excluding hydrogens is 186 g/mol. The number of nitro groups is 1. The lowest BCUT2D eigenvalue weighted by Gasteiger charge is -2.04. The van der Waals surface area contributed by atoms with E-state index in [0.717, 1.165) is 6.07 Å². The van der Waals surface area contributed by atoms with Gasteiger partial charge in [0.15, 0.2) is 5.69 Å². The molecule has 6 heteroatoms. The maximum atomic E-state index is 10.5. The summed E-state index contributed by atoms with van der Waals surface area (Å²) in [7, 11) is 1.33. The Bertz CT molecular complexity index is 423. The third-order valence-electron chi connectivity index (χ3n) is 1.67. The molecule has 2 N–H and O–H groups in total. The molecule has 6 nitrogen and oxygen atoms in total. The molecule has 0 amide bonds. The van der Waals surface area contributed by atoms with Crippen LogP contribution in [-0.2, 0) is 0 Å². The lowest BCUT2D eigenvalue weighted by atomic mass is 10.1. The van der Waals surface area contributed by atoms with Gasteiger partial charge in [0, 0.05) is 12.1 Å². The van der Waals surface area contributed by atoms with E-state index >= 15 is 0 Å². The predicted molar refractivity (Wildman–Crippen MR) is 48.8 cm³/mol. The molecule has 0 unspecified atom stereocenters. The largest absolute Gasteiger partial charge is 0.494 e. The van der Waals surface area contributed by atoms with Crippen LogP contribution < -0.4 is 10.5 Å². The average molecular weight is 193 g/mol. The topological polar surface area (TPSA) is 102 Å². The Morgan fingerprint density at radius 2 is 2.29 bits per heavy atom. The lowest BCUT2D eigenvalue weighted by molar-refractivity contribution is -0.384. The van der Waals surface area contributed by atoms with Gasteiger partial charge in [0.1, 0.15) is 5.75 Å². The third-order valence-corrected chi connectivity index (χ3v) is 1.67. The number of rotatable bonds is 2. The van der Waals surface area contributed by atoms with Gasteiger partial charge in [-0.15, -0.1) is 0 Å². The average Bonchev–Trinajstić information content (AvgIpc) is 2.17. The Labute approximate surface area is 79.7 Å². The molecule has 0 spiro atoms. The molecule has 1 aromatic rings. The van der Waals surface area contributed by atoms with Crippen molar-refractivity contribution in [1.82, 2.24) is 0 Å². The quantitative estimate of drug-likeness (QED) is 0.429. The van der Waals surface area contributed by atoms with Gasteiger partial charge >= 0.3 is 0 Å².